The maximum absolute atomic E-state index is 13.5. The molecule has 1 N–H and O–H groups in total. The van der Waals surface area contributed by atoms with Gasteiger partial charge in [0.15, 0.2) is 0 Å². The number of nitrogens with one attached hydrogen (secondary N) is 1. The van der Waals surface area contributed by atoms with Crippen LogP contribution in [0.25, 0.3) is 10.1 Å². The Hall–Kier alpha value is -2.20. The van der Waals surface area contributed by atoms with Gasteiger partial charge in [-0.2, -0.15) is 4.31 Å². The largest absolute Gasteiger partial charge is 0.492 e. The van der Waals surface area contributed by atoms with Gasteiger partial charge in [-0.15, -0.1) is 11.3 Å². The van der Waals surface area contributed by atoms with Gasteiger partial charge in [0.05, 0.1) is 22.2 Å². The summed E-state index contributed by atoms with van der Waals surface area (Å²) in [5.74, 6) is -0.632. The van der Waals surface area contributed by atoms with Crippen LogP contribution in [0.1, 0.15) is 30.4 Å². The van der Waals surface area contributed by atoms with Crippen LogP contribution in [0.4, 0.5) is 10.1 Å². The summed E-state index contributed by atoms with van der Waals surface area (Å²) in [6, 6.07) is 8.43. The van der Waals surface area contributed by atoms with Crippen molar-refractivity contribution in [2.45, 2.75) is 25.7 Å². The van der Waals surface area contributed by atoms with E-state index in [0.717, 1.165) is 11.3 Å². The van der Waals surface area contributed by atoms with Crippen molar-refractivity contribution < 1.29 is 22.3 Å². The first kappa shape index (κ1) is 23.5. The van der Waals surface area contributed by atoms with Crippen LogP contribution in [-0.4, -0.2) is 38.3 Å². The predicted molar refractivity (Wildman–Crippen MR) is 122 cm³/mol. The quantitative estimate of drug-likeness (QED) is 0.466. The van der Waals surface area contributed by atoms with Crippen molar-refractivity contribution in [3.8, 4) is 5.75 Å². The zero-order valence-corrected chi connectivity index (χ0v) is 19.6. The number of rotatable bonds is 8. The van der Waals surface area contributed by atoms with E-state index in [1.54, 1.807) is 20.8 Å². The normalized spacial score (nSPS) is 11.8. The topological polar surface area (TPSA) is 75.7 Å². The number of thiophene rings is 1. The summed E-state index contributed by atoms with van der Waals surface area (Å²) in [7, 11) is -3.73. The third kappa shape index (κ3) is 4.69. The minimum atomic E-state index is -3.73. The van der Waals surface area contributed by atoms with Crippen LogP contribution in [0.15, 0.2) is 41.3 Å². The number of hydrogen-bond acceptors (Lipinski definition) is 5. The molecule has 3 aromatic rings. The van der Waals surface area contributed by atoms with Crippen LogP contribution >= 0.6 is 22.9 Å². The Labute approximate surface area is 189 Å². The zero-order valence-electron chi connectivity index (χ0n) is 17.2. The van der Waals surface area contributed by atoms with Gasteiger partial charge in [-0.25, -0.2) is 12.8 Å². The number of ether oxygens (including phenoxy) is 1. The number of carbonyl (C=O) groups is 1. The first-order chi connectivity index (χ1) is 14.7. The lowest BCUT2D eigenvalue weighted by atomic mass is 10.2. The molecule has 0 aliphatic heterocycles. The van der Waals surface area contributed by atoms with Crippen LogP contribution in [0.3, 0.4) is 0 Å². The lowest BCUT2D eigenvalue weighted by Crippen LogP contribution is -2.30. The summed E-state index contributed by atoms with van der Waals surface area (Å²) in [6.07, 6.45) is 0. The van der Waals surface area contributed by atoms with Crippen LogP contribution in [0.5, 0.6) is 5.75 Å². The number of sulfonamides is 1. The molecule has 0 aliphatic carbocycles. The summed E-state index contributed by atoms with van der Waals surface area (Å²) in [5.41, 5.74) is 0.208. The fraction of sp³-hybridized carbons (Fsp3) is 0.286. The van der Waals surface area contributed by atoms with Crippen molar-refractivity contribution >= 4 is 54.6 Å². The van der Waals surface area contributed by atoms with Gasteiger partial charge in [-0.05, 0) is 43.3 Å². The van der Waals surface area contributed by atoms with Crippen LogP contribution in [-0.2, 0) is 10.0 Å². The summed E-state index contributed by atoms with van der Waals surface area (Å²) in [6.45, 7) is 6.26. The van der Waals surface area contributed by atoms with Gasteiger partial charge in [-0.3, -0.25) is 4.79 Å². The van der Waals surface area contributed by atoms with E-state index < -0.39 is 21.7 Å². The van der Waals surface area contributed by atoms with Crippen molar-refractivity contribution in [3.05, 3.63) is 52.1 Å². The lowest BCUT2D eigenvalue weighted by molar-refractivity contribution is 0.103. The van der Waals surface area contributed by atoms with Gasteiger partial charge < -0.3 is 10.1 Å². The molecule has 0 atom stereocenters. The van der Waals surface area contributed by atoms with E-state index in [0.29, 0.717) is 35.5 Å². The molecule has 3 rings (SSSR count). The summed E-state index contributed by atoms with van der Waals surface area (Å²) in [5, 5.41) is 3.48. The van der Waals surface area contributed by atoms with Crippen molar-refractivity contribution in [1.82, 2.24) is 4.31 Å². The third-order valence-electron chi connectivity index (χ3n) is 4.64. The predicted octanol–water partition coefficient (Wildman–Crippen LogP) is 5.38. The molecule has 1 heterocycles. The molecule has 31 heavy (non-hydrogen) atoms. The lowest BCUT2D eigenvalue weighted by Gasteiger charge is -2.20. The molecule has 166 valence electrons. The molecular weight excluding hydrogens is 463 g/mol. The molecule has 0 spiro atoms. The number of anilines is 1. The molecule has 1 aromatic heterocycles. The Morgan fingerprint density at radius 3 is 2.52 bits per heavy atom. The first-order valence-corrected chi connectivity index (χ1v) is 12.3. The Kier molecular flexibility index (Phi) is 7.20. The Bertz CT molecular complexity index is 1220. The highest BCUT2D eigenvalue weighted by Gasteiger charge is 2.24. The first-order valence-electron chi connectivity index (χ1n) is 9.68. The van der Waals surface area contributed by atoms with E-state index in [1.165, 1.54) is 40.7 Å². The second-order valence-corrected chi connectivity index (χ2v) is 9.89. The SMILES string of the molecule is CCOc1ccc(S(=O)(=O)N(CC)CC)cc1NC(=O)c1sc2cc(F)ccc2c1Cl. The van der Waals surface area contributed by atoms with Gasteiger partial charge in [0.1, 0.15) is 16.4 Å². The highest BCUT2D eigenvalue weighted by molar-refractivity contribution is 7.89. The van der Waals surface area contributed by atoms with Crippen molar-refractivity contribution in [1.29, 1.82) is 0 Å². The van der Waals surface area contributed by atoms with Gasteiger partial charge in [0, 0.05) is 23.2 Å². The van der Waals surface area contributed by atoms with E-state index in [2.05, 4.69) is 5.32 Å². The standard InChI is InChI=1S/C21H22ClFN2O4S2/c1-4-25(5-2)31(27,28)14-8-10-17(29-6-3)16(12-14)24-21(26)20-19(22)15-9-7-13(23)11-18(15)30-20/h7-12H,4-6H2,1-3H3,(H,24,26). The monoisotopic (exact) mass is 484 g/mol. The molecular formula is C21H22ClFN2O4S2. The summed E-state index contributed by atoms with van der Waals surface area (Å²) >= 11 is 7.40. The van der Waals surface area contributed by atoms with Crippen molar-refractivity contribution in [2.75, 3.05) is 25.0 Å². The van der Waals surface area contributed by atoms with Crippen LogP contribution in [0, 0.1) is 5.82 Å². The third-order valence-corrected chi connectivity index (χ3v) is 8.34. The van der Waals surface area contributed by atoms with Crippen molar-refractivity contribution in [2.24, 2.45) is 0 Å². The van der Waals surface area contributed by atoms with E-state index in [-0.39, 0.29) is 20.5 Å². The average molecular weight is 485 g/mol. The minimum Gasteiger partial charge on any atom is -0.492 e. The maximum atomic E-state index is 13.5. The number of halogens is 2. The van der Waals surface area contributed by atoms with Crippen LogP contribution < -0.4 is 10.1 Å². The fourth-order valence-electron chi connectivity index (χ4n) is 3.13. The summed E-state index contributed by atoms with van der Waals surface area (Å²) in [4.78, 5) is 13.2. The molecule has 0 radical (unpaired) electrons. The second-order valence-electron chi connectivity index (χ2n) is 6.52. The Morgan fingerprint density at radius 1 is 1.16 bits per heavy atom. The number of nitrogens with zero attached hydrogens (tertiary/aromatic N) is 1. The van der Waals surface area contributed by atoms with E-state index in [9.17, 15) is 17.6 Å². The Balaban J connectivity index is 2.01. The van der Waals surface area contributed by atoms with Crippen LogP contribution in [0.2, 0.25) is 5.02 Å². The van der Waals surface area contributed by atoms with Gasteiger partial charge >= 0.3 is 0 Å². The summed E-state index contributed by atoms with van der Waals surface area (Å²) < 4.78 is 46.7. The highest BCUT2D eigenvalue weighted by atomic mass is 35.5. The Morgan fingerprint density at radius 2 is 1.87 bits per heavy atom. The number of hydrogen-bond donors (Lipinski definition) is 1. The van der Waals surface area contributed by atoms with Gasteiger partial charge in [0.25, 0.3) is 5.91 Å². The maximum Gasteiger partial charge on any atom is 0.267 e. The number of amides is 1. The van der Waals surface area contributed by atoms with E-state index in [1.807, 2.05) is 0 Å². The molecule has 1 amide bonds. The molecule has 0 saturated carbocycles. The number of benzene rings is 2. The minimum absolute atomic E-state index is 0.0412. The van der Waals surface area contributed by atoms with E-state index >= 15 is 0 Å². The van der Waals surface area contributed by atoms with Gasteiger partial charge in [-0.1, -0.05) is 25.4 Å². The molecule has 0 fully saturated rings. The molecule has 0 bridgehead atoms. The van der Waals surface area contributed by atoms with Crippen molar-refractivity contribution in [3.63, 3.8) is 0 Å². The second kappa shape index (κ2) is 9.52. The fourth-order valence-corrected chi connectivity index (χ4v) is 6.05. The highest BCUT2D eigenvalue weighted by Crippen LogP contribution is 2.37. The van der Waals surface area contributed by atoms with Gasteiger partial charge in [0.2, 0.25) is 10.0 Å². The van der Waals surface area contributed by atoms with E-state index in [4.69, 9.17) is 16.3 Å². The molecule has 6 nitrogen and oxygen atoms in total. The molecule has 2 aromatic carbocycles. The smallest absolute Gasteiger partial charge is 0.267 e. The molecule has 10 heteroatoms. The molecule has 0 unspecified atom stereocenters. The number of carbonyl (C=O) groups excluding carboxylic acids is 1. The molecule has 0 saturated heterocycles. The molecule has 0 aliphatic rings. The average Bonchev–Trinajstić information content (AvgIpc) is 3.05. The number of fused-ring (bicyclic) bond motifs is 1. The zero-order chi connectivity index (χ0) is 22.8.